The number of anilines is 1. The summed E-state index contributed by atoms with van der Waals surface area (Å²) < 4.78 is 0. The predicted molar refractivity (Wildman–Crippen MR) is 56.9 cm³/mol. The third-order valence-electron chi connectivity index (χ3n) is 1.40. The van der Waals surface area contributed by atoms with Crippen molar-refractivity contribution in [2.45, 2.75) is 11.9 Å². The maximum absolute atomic E-state index is 10.7. The van der Waals surface area contributed by atoms with Gasteiger partial charge in [-0.2, -0.15) is 0 Å². The molecule has 0 aromatic carbocycles. The van der Waals surface area contributed by atoms with Crippen LogP contribution >= 0.6 is 11.8 Å². The summed E-state index contributed by atoms with van der Waals surface area (Å²) in [5.41, 5.74) is 0.599. The Morgan fingerprint density at radius 2 is 2.27 bits per heavy atom. The first kappa shape index (κ1) is 11.5. The molecule has 0 atom stereocenters. The van der Waals surface area contributed by atoms with Crippen LogP contribution in [-0.2, 0) is 9.59 Å². The number of carbonyl (C=O) groups is 2. The van der Waals surface area contributed by atoms with Crippen LogP contribution in [0.25, 0.3) is 0 Å². The number of hydrogen-bond donors (Lipinski definition) is 2. The number of aromatic nitrogens is 1. The highest BCUT2D eigenvalue weighted by atomic mass is 32.2. The fourth-order valence-corrected chi connectivity index (χ4v) is 1.44. The average molecular weight is 226 g/mol. The molecule has 0 aliphatic rings. The van der Waals surface area contributed by atoms with Gasteiger partial charge >= 0.3 is 5.97 Å². The van der Waals surface area contributed by atoms with Crippen molar-refractivity contribution in [1.82, 2.24) is 4.98 Å². The smallest absolute Gasteiger partial charge is 0.313 e. The Bertz CT molecular complexity index is 364. The van der Waals surface area contributed by atoms with Gasteiger partial charge in [-0.3, -0.25) is 9.59 Å². The largest absolute Gasteiger partial charge is 0.481 e. The van der Waals surface area contributed by atoms with Gasteiger partial charge in [0.1, 0.15) is 0 Å². The van der Waals surface area contributed by atoms with Crippen LogP contribution in [0.15, 0.2) is 23.4 Å². The quantitative estimate of drug-likeness (QED) is 0.754. The number of nitrogens with zero attached hydrogens (tertiary/aromatic N) is 1. The summed E-state index contributed by atoms with van der Waals surface area (Å²) in [6.07, 6.45) is 1.49. The van der Waals surface area contributed by atoms with E-state index >= 15 is 0 Å². The second-order valence-electron chi connectivity index (χ2n) is 2.75. The molecule has 1 heterocycles. The lowest BCUT2D eigenvalue weighted by atomic mass is 10.4. The van der Waals surface area contributed by atoms with E-state index in [0.717, 1.165) is 11.8 Å². The van der Waals surface area contributed by atoms with Crippen molar-refractivity contribution in [2.75, 3.05) is 11.1 Å². The van der Waals surface area contributed by atoms with E-state index in [1.54, 1.807) is 12.1 Å². The Balaban J connectivity index is 2.56. The van der Waals surface area contributed by atoms with E-state index in [1.807, 2.05) is 0 Å². The number of rotatable bonds is 4. The van der Waals surface area contributed by atoms with Crippen molar-refractivity contribution in [3.8, 4) is 0 Å². The third-order valence-corrected chi connectivity index (χ3v) is 2.33. The standard InChI is InChI=1S/C9H10N2O3S/c1-6(12)11-7-2-3-8(10-4-7)15-5-9(13)14/h2-4H,5H2,1H3,(H,11,12)(H,13,14). The molecule has 1 aromatic rings. The number of carboxylic acid groups (broad SMARTS) is 1. The highest BCUT2D eigenvalue weighted by molar-refractivity contribution is 7.99. The zero-order valence-corrected chi connectivity index (χ0v) is 8.87. The first-order valence-electron chi connectivity index (χ1n) is 4.16. The highest BCUT2D eigenvalue weighted by Crippen LogP contribution is 2.16. The van der Waals surface area contributed by atoms with Crippen molar-refractivity contribution in [1.29, 1.82) is 0 Å². The highest BCUT2D eigenvalue weighted by Gasteiger charge is 2.01. The van der Waals surface area contributed by atoms with Gasteiger partial charge < -0.3 is 10.4 Å². The van der Waals surface area contributed by atoms with Gasteiger partial charge in [-0.15, -0.1) is 0 Å². The summed E-state index contributed by atoms with van der Waals surface area (Å²) in [5, 5.41) is 11.6. The first-order chi connectivity index (χ1) is 7.08. The molecule has 0 aliphatic carbocycles. The fourth-order valence-electron chi connectivity index (χ4n) is 0.879. The topological polar surface area (TPSA) is 79.3 Å². The van der Waals surface area contributed by atoms with E-state index in [9.17, 15) is 9.59 Å². The molecule has 0 unspecified atom stereocenters. The lowest BCUT2D eigenvalue weighted by Gasteiger charge is -2.02. The number of amides is 1. The van der Waals surface area contributed by atoms with Gasteiger partial charge in [-0.05, 0) is 12.1 Å². The molecular weight excluding hydrogens is 216 g/mol. The minimum atomic E-state index is -0.882. The van der Waals surface area contributed by atoms with Gasteiger partial charge in [0.25, 0.3) is 0 Å². The van der Waals surface area contributed by atoms with E-state index < -0.39 is 5.97 Å². The lowest BCUT2D eigenvalue weighted by Crippen LogP contribution is -2.05. The minimum absolute atomic E-state index is 0.0213. The Morgan fingerprint density at radius 1 is 1.53 bits per heavy atom. The molecule has 1 aromatic heterocycles. The van der Waals surface area contributed by atoms with Gasteiger partial charge in [0.05, 0.1) is 22.7 Å². The molecule has 0 fully saturated rings. The molecule has 80 valence electrons. The number of nitrogens with one attached hydrogen (secondary N) is 1. The van der Waals surface area contributed by atoms with Gasteiger partial charge in [-0.25, -0.2) is 4.98 Å². The van der Waals surface area contributed by atoms with Gasteiger partial charge in [0, 0.05) is 6.92 Å². The van der Waals surface area contributed by atoms with Gasteiger partial charge in [0.2, 0.25) is 5.91 Å². The van der Waals surface area contributed by atoms with Crippen molar-refractivity contribution >= 4 is 29.3 Å². The minimum Gasteiger partial charge on any atom is -0.481 e. The van der Waals surface area contributed by atoms with Gasteiger partial charge in [0.15, 0.2) is 0 Å². The molecule has 1 amide bonds. The summed E-state index contributed by atoms with van der Waals surface area (Å²) in [4.78, 5) is 25.0. The van der Waals surface area contributed by atoms with Gasteiger partial charge in [-0.1, -0.05) is 11.8 Å². The number of aliphatic carboxylic acids is 1. The predicted octanol–water partition coefficient (Wildman–Crippen LogP) is 1.22. The molecule has 5 nitrogen and oxygen atoms in total. The van der Waals surface area contributed by atoms with E-state index in [1.165, 1.54) is 13.1 Å². The molecule has 0 spiro atoms. The van der Waals surface area contributed by atoms with E-state index in [2.05, 4.69) is 10.3 Å². The van der Waals surface area contributed by atoms with Crippen LogP contribution in [0.4, 0.5) is 5.69 Å². The van der Waals surface area contributed by atoms with Crippen molar-refractivity contribution in [3.63, 3.8) is 0 Å². The molecule has 0 bridgehead atoms. The lowest BCUT2D eigenvalue weighted by molar-refractivity contribution is -0.133. The summed E-state index contributed by atoms with van der Waals surface area (Å²) in [7, 11) is 0. The molecule has 0 saturated carbocycles. The second-order valence-corrected chi connectivity index (χ2v) is 3.74. The zero-order valence-electron chi connectivity index (χ0n) is 8.06. The SMILES string of the molecule is CC(=O)Nc1ccc(SCC(=O)O)nc1. The van der Waals surface area contributed by atoms with E-state index in [-0.39, 0.29) is 11.7 Å². The summed E-state index contributed by atoms with van der Waals surface area (Å²) in [5.74, 6) is -1.07. The van der Waals surface area contributed by atoms with Crippen LogP contribution in [0, 0.1) is 0 Å². The molecule has 6 heteroatoms. The van der Waals surface area contributed by atoms with Crippen molar-refractivity contribution < 1.29 is 14.7 Å². The van der Waals surface area contributed by atoms with Crippen LogP contribution in [0.5, 0.6) is 0 Å². The summed E-state index contributed by atoms with van der Waals surface area (Å²) in [6.45, 7) is 1.41. The average Bonchev–Trinajstić information content (AvgIpc) is 2.16. The summed E-state index contributed by atoms with van der Waals surface area (Å²) >= 11 is 1.13. The maximum Gasteiger partial charge on any atom is 0.313 e. The Labute approximate surface area is 90.9 Å². The van der Waals surface area contributed by atoms with E-state index in [0.29, 0.717) is 10.7 Å². The number of thioether (sulfide) groups is 1. The number of carboxylic acids is 1. The Hall–Kier alpha value is -1.56. The maximum atomic E-state index is 10.7. The molecule has 1 rings (SSSR count). The van der Waals surface area contributed by atoms with Crippen LogP contribution in [0.2, 0.25) is 0 Å². The zero-order chi connectivity index (χ0) is 11.3. The molecule has 0 aliphatic heterocycles. The molecular formula is C9H10N2O3S. The van der Waals surface area contributed by atoms with Crippen molar-refractivity contribution in [3.05, 3.63) is 18.3 Å². The third kappa shape index (κ3) is 4.46. The van der Waals surface area contributed by atoms with Crippen molar-refractivity contribution in [2.24, 2.45) is 0 Å². The fraction of sp³-hybridized carbons (Fsp3) is 0.222. The number of carbonyl (C=O) groups excluding carboxylic acids is 1. The second kappa shape index (κ2) is 5.35. The Kier molecular flexibility index (Phi) is 4.11. The van der Waals surface area contributed by atoms with Crippen LogP contribution < -0.4 is 5.32 Å². The van der Waals surface area contributed by atoms with Crippen LogP contribution in [0.3, 0.4) is 0 Å². The van der Waals surface area contributed by atoms with E-state index in [4.69, 9.17) is 5.11 Å². The van der Waals surface area contributed by atoms with Crippen LogP contribution in [-0.4, -0.2) is 27.7 Å². The summed E-state index contributed by atoms with van der Waals surface area (Å²) in [6, 6.07) is 3.34. The molecule has 2 N–H and O–H groups in total. The normalized spacial score (nSPS) is 9.67. The number of hydrogen-bond acceptors (Lipinski definition) is 4. The van der Waals surface area contributed by atoms with Crippen LogP contribution in [0.1, 0.15) is 6.92 Å². The molecule has 15 heavy (non-hydrogen) atoms. The number of pyridine rings is 1. The Morgan fingerprint density at radius 3 is 2.73 bits per heavy atom. The first-order valence-corrected chi connectivity index (χ1v) is 5.14. The molecule has 0 radical (unpaired) electrons. The monoisotopic (exact) mass is 226 g/mol. The molecule has 0 saturated heterocycles.